The van der Waals surface area contributed by atoms with Crippen LogP contribution in [0.1, 0.15) is 74.0 Å². The molecule has 0 aliphatic carbocycles. The number of esters is 1. The van der Waals surface area contributed by atoms with E-state index in [0.717, 1.165) is 0 Å². The van der Waals surface area contributed by atoms with E-state index in [1.54, 1.807) is 36.4 Å². The van der Waals surface area contributed by atoms with Crippen molar-refractivity contribution in [2.24, 2.45) is 17.8 Å². The SMILES string of the molecule is C=CCOC(=O)c1ccc(NC(O)c2ccc(NC(=O)c3ccc(F)c(OCCOCC(C)C)c3)c(OCC(C)C)c2)c(OCC(C)C)c1. The van der Waals surface area contributed by atoms with Crippen LogP contribution >= 0.6 is 0 Å². The summed E-state index contributed by atoms with van der Waals surface area (Å²) in [6.45, 7) is 17.4. The minimum atomic E-state index is -1.22. The summed E-state index contributed by atoms with van der Waals surface area (Å²) >= 11 is 0. The molecule has 0 aliphatic heterocycles. The molecule has 3 N–H and O–H groups in total. The number of aliphatic hydroxyl groups excluding tert-OH is 1. The number of hydrogen-bond acceptors (Lipinski definition) is 9. The van der Waals surface area contributed by atoms with Crippen molar-refractivity contribution in [2.75, 3.05) is 50.3 Å². The van der Waals surface area contributed by atoms with E-state index in [1.807, 2.05) is 41.5 Å². The molecule has 3 rings (SSSR count). The Kier molecular flexibility index (Phi) is 15.4. The van der Waals surface area contributed by atoms with Gasteiger partial charge in [0.05, 0.1) is 36.8 Å². The first kappa shape index (κ1) is 38.8. The average molecular weight is 681 g/mol. The summed E-state index contributed by atoms with van der Waals surface area (Å²) in [6.07, 6.45) is 0.268. The molecular weight excluding hydrogens is 631 g/mol. The molecule has 0 radical (unpaired) electrons. The van der Waals surface area contributed by atoms with Gasteiger partial charge in [-0.1, -0.05) is 60.3 Å². The summed E-state index contributed by atoms with van der Waals surface area (Å²) in [5.74, 6) is -0.221. The Hall–Kier alpha value is -4.61. The van der Waals surface area contributed by atoms with Crippen molar-refractivity contribution in [3.63, 3.8) is 0 Å². The van der Waals surface area contributed by atoms with Crippen molar-refractivity contribution < 1.29 is 42.8 Å². The predicted molar refractivity (Wildman–Crippen MR) is 188 cm³/mol. The van der Waals surface area contributed by atoms with Gasteiger partial charge in [0.15, 0.2) is 17.8 Å². The van der Waals surface area contributed by atoms with E-state index in [9.17, 15) is 19.1 Å². The lowest BCUT2D eigenvalue weighted by Crippen LogP contribution is -2.16. The second-order valence-corrected chi connectivity index (χ2v) is 12.7. The van der Waals surface area contributed by atoms with Crippen LogP contribution in [0.3, 0.4) is 0 Å². The third-order valence-electron chi connectivity index (χ3n) is 6.69. The Bertz CT molecular complexity index is 1540. The molecule has 10 nitrogen and oxygen atoms in total. The quantitative estimate of drug-likeness (QED) is 0.0478. The second kappa shape index (κ2) is 19.4. The lowest BCUT2D eigenvalue weighted by molar-refractivity contribution is 0.0549. The molecule has 49 heavy (non-hydrogen) atoms. The number of aliphatic hydroxyl groups is 1. The average Bonchev–Trinajstić information content (AvgIpc) is 3.06. The van der Waals surface area contributed by atoms with Gasteiger partial charge in [0.25, 0.3) is 5.91 Å². The van der Waals surface area contributed by atoms with Crippen LogP contribution in [0.2, 0.25) is 0 Å². The van der Waals surface area contributed by atoms with Crippen LogP contribution in [0.15, 0.2) is 67.3 Å². The first-order chi connectivity index (χ1) is 23.4. The topological polar surface area (TPSA) is 125 Å². The summed E-state index contributed by atoms with van der Waals surface area (Å²) in [6, 6.07) is 13.5. The zero-order chi connectivity index (χ0) is 35.9. The van der Waals surface area contributed by atoms with Gasteiger partial charge in [0, 0.05) is 17.7 Å². The normalized spacial score (nSPS) is 11.7. The number of anilines is 2. The van der Waals surface area contributed by atoms with Gasteiger partial charge in [-0.25, -0.2) is 9.18 Å². The molecule has 0 aliphatic rings. The van der Waals surface area contributed by atoms with Gasteiger partial charge in [-0.15, -0.1) is 0 Å². The van der Waals surface area contributed by atoms with Crippen molar-refractivity contribution in [2.45, 2.75) is 47.8 Å². The maximum atomic E-state index is 14.4. The monoisotopic (exact) mass is 680 g/mol. The van der Waals surface area contributed by atoms with Crippen LogP contribution < -0.4 is 24.8 Å². The molecule has 3 aromatic carbocycles. The molecule has 0 aromatic heterocycles. The zero-order valence-electron chi connectivity index (χ0n) is 29.2. The fourth-order valence-electron chi connectivity index (χ4n) is 4.26. The van der Waals surface area contributed by atoms with E-state index in [0.29, 0.717) is 66.3 Å². The summed E-state index contributed by atoms with van der Waals surface area (Å²) < 4.78 is 42.6. The number of nitrogens with one attached hydrogen (secondary N) is 2. The molecule has 0 saturated carbocycles. The first-order valence-corrected chi connectivity index (χ1v) is 16.5. The standard InChI is InChI=1S/C38H49FN2O8/c1-8-15-47-38(44)29-11-14-32(35(20-29)49-23-26(6)7)41-37(43)28-10-13-31(34(19-28)48-22-25(4)5)40-36(42)27-9-12-30(39)33(18-27)46-17-16-45-21-24(2)3/h8-14,18-20,24-26,37,41,43H,1,15-17,21-23H2,2-7H3,(H,40,42). The van der Waals surface area contributed by atoms with Crippen molar-refractivity contribution >= 4 is 23.3 Å². The first-order valence-electron chi connectivity index (χ1n) is 16.5. The third-order valence-corrected chi connectivity index (χ3v) is 6.69. The van der Waals surface area contributed by atoms with Crippen molar-refractivity contribution in [1.29, 1.82) is 0 Å². The van der Waals surface area contributed by atoms with E-state index in [2.05, 4.69) is 17.2 Å². The highest BCUT2D eigenvalue weighted by atomic mass is 19.1. The maximum absolute atomic E-state index is 14.4. The molecule has 0 spiro atoms. The largest absolute Gasteiger partial charge is 0.491 e. The van der Waals surface area contributed by atoms with Crippen LogP contribution in [-0.4, -0.2) is 56.6 Å². The second-order valence-electron chi connectivity index (χ2n) is 12.7. The Morgan fingerprint density at radius 3 is 2.04 bits per heavy atom. The maximum Gasteiger partial charge on any atom is 0.338 e. The van der Waals surface area contributed by atoms with Crippen LogP contribution in [0.25, 0.3) is 0 Å². The molecular formula is C38H49FN2O8. The Balaban J connectivity index is 1.81. The summed E-state index contributed by atoms with van der Waals surface area (Å²) in [7, 11) is 0. The molecule has 266 valence electrons. The van der Waals surface area contributed by atoms with Gasteiger partial charge in [-0.05, 0) is 66.3 Å². The van der Waals surface area contributed by atoms with Gasteiger partial charge >= 0.3 is 5.97 Å². The van der Waals surface area contributed by atoms with Gasteiger partial charge in [0.2, 0.25) is 0 Å². The van der Waals surface area contributed by atoms with Crippen LogP contribution in [0.4, 0.5) is 15.8 Å². The van der Waals surface area contributed by atoms with Crippen LogP contribution in [0, 0.1) is 23.6 Å². The fraction of sp³-hybridized carbons (Fsp3) is 0.421. The lowest BCUT2D eigenvalue weighted by Gasteiger charge is -2.21. The third kappa shape index (κ3) is 12.7. The van der Waals surface area contributed by atoms with Gasteiger partial charge in [-0.2, -0.15) is 0 Å². The molecule has 0 bridgehead atoms. The molecule has 3 aromatic rings. The molecule has 11 heteroatoms. The summed E-state index contributed by atoms with van der Waals surface area (Å²) in [4.78, 5) is 25.7. The van der Waals surface area contributed by atoms with E-state index in [-0.39, 0.29) is 36.4 Å². The van der Waals surface area contributed by atoms with Crippen molar-refractivity contribution in [3.8, 4) is 17.2 Å². The Morgan fingerprint density at radius 1 is 0.776 bits per heavy atom. The molecule has 0 saturated heterocycles. The minimum Gasteiger partial charge on any atom is -0.491 e. The van der Waals surface area contributed by atoms with E-state index >= 15 is 0 Å². The highest BCUT2D eigenvalue weighted by molar-refractivity contribution is 6.05. The lowest BCUT2D eigenvalue weighted by atomic mass is 10.1. The number of ether oxygens (including phenoxy) is 5. The van der Waals surface area contributed by atoms with E-state index in [1.165, 1.54) is 24.3 Å². The Labute approximate surface area is 288 Å². The van der Waals surface area contributed by atoms with E-state index < -0.39 is 23.9 Å². The zero-order valence-corrected chi connectivity index (χ0v) is 29.2. The predicted octanol–water partition coefficient (Wildman–Crippen LogP) is 7.64. The van der Waals surface area contributed by atoms with Crippen molar-refractivity contribution in [1.82, 2.24) is 0 Å². The number of amides is 1. The molecule has 1 unspecified atom stereocenters. The van der Waals surface area contributed by atoms with Gasteiger partial charge in [-0.3, -0.25) is 4.79 Å². The van der Waals surface area contributed by atoms with Gasteiger partial charge < -0.3 is 39.4 Å². The summed E-state index contributed by atoms with van der Waals surface area (Å²) in [5, 5.41) is 17.1. The highest BCUT2D eigenvalue weighted by Gasteiger charge is 2.19. The number of hydrogen-bond donors (Lipinski definition) is 3. The van der Waals surface area contributed by atoms with Gasteiger partial charge in [0.1, 0.15) is 24.7 Å². The Morgan fingerprint density at radius 2 is 1.39 bits per heavy atom. The fourth-order valence-corrected chi connectivity index (χ4v) is 4.26. The highest BCUT2D eigenvalue weighted by Crippen LogP contribution is 2.33. The molecule has 1 atom stereocenters. The summed E-state index contributed by atoms with van der Waals surface area (Å²) in [5.41, 5.74) is 1.74. The number of halogens is 1. The smallest absolute Gasteiger partial charge is 0.338 e. The molecule has 0 fully saturated rings. The molecule has 0 heterocycles. The van der Waals surface area contributed by atoms with E-state index in [4.69, 9.17) is 23.7 Å². The number of rotatable bonds is 20. The van der Waals surface area contributed by atoms with Crippen LogP contribution in [0.5, 0.6) is 17.2 Å². The van der Waals surface area contributed by atoms with Crippen LogP contribution in [-0.2, 0) is 9.47 Å². The molecule has 1 amide bonds. The number of carbonyl (C=O) groups is 2. The number of benzene rings is 3. The number of carbonyl (C=O) groups excluding carboxylic acids is 2. The minimum absolute atomic E-state index is 0.0555. The van der Waals surface area contributed by atoms with Crippen molar-refractivity contribution in [3.05, 3.63) is 89.8 Å².